The van der Waals surface area contributed by atoms with E-state index in [2.05, 4.69) is 52.2 Å². The molecule has 6 rings (SSSR count). The molecule has 0 radical (unpaired) electrons. The molecule has 2 atom stereocenters. The van der Waals surface area contributed by atoms with E-state index in [1.807, 2.05) is 38.4 Å². The van der Waals surface area contributed by atoms with Crippen molar-refractivity contribution >= 4 is 23.5 Å². The molecule has 2 aromatic heterocycles. The summed E-state index contributed by atoms with van der Waals surface area (Å²) in [5.41, 5.74) is 8.13. The Balaban J connectivity index is 0.00000108. The second kappa shape index (κ2) is 11.3. The molecular formula is C31H35N5O5. The molecule has 0 amide bonds. The number of ether oxygens (including phenoxy) is 1. The number of carboxylic acids is 1. The number of fused-ring (bicyclic) bond motifs is 3. The predicted octanol–water partition coefficient (Wildman–Crippen LogP) is 4.64. The van der Waals surface area contributed by atoms with E-state index in [9.17, 15) is 9.90 Å². The summed E-state index contributed by atoms with van der Waals surface area (Å²) in [6, 6.07) is 12.8. The van der Waals surface area contributed by atoms with Crippen molar-refractivity contribution in [1.29, 1.82) is 0 Å². The van der Waals surface area contributed by atoms with E-state index in [0.29, 0.717) is 0 Å². The third-order valence-corrected chi connectivity index (χ3v) is 8.09. The summed E-state index contributed by atoms with van der Waals surface area (Å²) in [5.74, 6) is -0.198. The first-order chi connectivity index (χ1) is 19.6. The van der Waals surface area contributed by atoms with Gasteiger partial charge in [-0.3, -0.25) is 19.5 Å². The number of aryl methyl sites for hydroxylation is 3. The summed E-state index contributed by atoms with van der Waals surface area (Å²) < 4.78 is 8.12. The Morgan fingerprint density at radius 3 is 2.76 bits per heavy atom. The fraction of sp³-hybridized carbons (Fsp3) is 0.387. The van der Waals surface area contributed by atoms with Crippen LogP contribution in [0, 0.1) is 6.92 Å². The first-order valence-electron chi connectivity index (χ1n) is 13.7. The monoisotopic (exact) mass is 557 g/mol. The van der Waals surface area contributed by atoms with Crippen molar-refractivity contribution in [2.24, 2.45) is 7.05 Å². The van der Waals surface area contributed by atoms with Crippen LogP contribution in [0.1, 0.15) is 72.0 Å². The first kappa shape index (κ1) is 28.2. The Morgan fingerprint density at radius 1 is 1.22 bits per heavy atom. The van der Waals surface area contributed by atoms with Gasteiger partial charge < -0.3 is 14.9 Å². The zero-order chi connectivity index (χ0) is 29.3. The van der Waals surface area contributed by atoms with Crippen molar-refractivity contribution in [3.8, 4) is 5.75 Å². The average molecular weight is 558 g/mol. The van der Waals surface area contributed by atoms with Gasteiger partial charge in [0.1, 0.15) is 16.9 Å². The predicted molar refractivity (Wildman–Crippen MR) is 153 cm³/mol. The van der Waals surface area contributed by atoms with E-state index < -0.39 is 5.97 Å². The minimum absolute atomic E-state index is 0.0136. The van der Waals surface area contributed by atoms with Gasteiger partial charge in [-0.05, 0) is 73.6 Å². The number of aromatic nitrogens is 4. The highest BCUT2D eigenvalue weighted by atomic mass is 16.5. The van der Waals surface area contributed by atoms with Gasteiger partial charge in [0.25, 0.3) is 6.47 Å². The molecule has 10 nitrogen and oxygen atoms in total. The van der Waals surface area contributed by atoms with Crippen molar-refractivity contribution in [3.63, 3.8) is 0 Å². The molecule has 0 saturated heterocycles. The van der Waals surface area contributed by atoms with Crippen LogP contribution in [0.3, 0.4) is 0 Å². The van der Waals surface area contributed by atoms with Gasteiger partial charge in [-0.2, -0.15) is 0 Å². The largest absolute Gasteiger partial charge is 0.486 e. The second-order valence-electron chi connectivity index (χ2n) is 11.4. The van der Waals surface area contributed by atoms with Crippen LogP contribution in [-0.4, -0.2) is 59.7 Å². The molecule has 0 bridgehead atoms. The number of rotatable bonds is 5. The molecule has 3 heterocycles. The summed E-state index contributed by atoms with van der Waals surface area (Å²) in [7, 11) is 1.87. The van der Waals surface area contributed by atoms with Crippen LogP contribution in [0.25, 0.3) is 11.0 Å². The molecule has 1 aliphatic carbocycles. The summed E-state index contributed by atoms with van der Waals surface area (Å²) in [4.78, 5) is 27.3. The quantitative estimate of drug-likeness (QED) is 0.337. The number of carboxylic acid groups (broad SMARTS) is 2. The van der Waals surface area contributed by atoms with Crippen molar-refractivity contribution in [1.82, 2.24) is 24.9 Å². The van der Waals surface area contributed by atoms with Crippen molar-refractivity contribution < 1.29 is 24.5 Å². The smallest absolute Gasteiger partial charge is 0.304 e. The maximum atomic E-state index is 12.0. The number of aliphatic carboxylic acids is 1. The normalized spacial score (nSPS) is 18.3. The molecule has 2 aromatic carbocycles. The number of pyridine rings is 1. The number of hydrogen-bond donors (Lipinski definition) is 2. The number of nitrogens with zero attached hydrogens (tertiary/aromatic N) is 5. The molecule has 214 valence electrons. The molecule has 2 unspecified atom stereocenters. The molecule has 41 heavy (non-hydrogen) atoms. The van der Waals surface area contributed by atoms with Crippen LogP contribution in [0.15, 0.2) is 48.8 Å². The minimum atomic E-state index is -0.818. The Bertz CT molecular complexity index is 1600. The van der Waals surface area contributed by atoms with Crippen molar-refractivity contribution in [2.45, 2.75) is 64.1 Å². The van der Waals surface area contributed by atoms with Crippen LogP contribution >= 0.6 is 0 Å². The van der Waals surface area contributed by atoms with Crippen molar-refractivity contribution in [2.75, 3.05) is 6.54 Å². The maximum absolute atomic E-state index is 12.0. The van der Waals surface area contributed by atoms with Crippen LogP contribution in [0.2, 0.25) is 0 Å². The van der Waals surface area contributed by atoms with Crippen molar-refractivity contribution in [3.05, 3.63) is 82.2 Å². The van der Waals surface area contributed by atoms with E-state index in [4.69, 9.17) is 14.6 Å². The highest BCUT2D eigenvalue weighted by Gasteiger charge is 2.36. The van der Waals surface area contributed by atoms with Gasteiger partial charge in [0.2, 0.25) is 0 Å². The lowest BCUT2D eigenvalue weighted by atomic mass is 9.84. The zero-order valence-corrected chi connectivity index (χ0v) is 23.7. The third kappa shape index (κ3) is 5.65. The van der Waals surface area contributed by atoms with Crippen LogP contribution in [0.4, 0.5) is 0 Å². The maximum Gasteiger partial charge on any atom is 0.304 e. The van der Waals surface area contributed by atoms with Crippen LogP contribution < -0.4 is 4.74 Å². The molecule has 2 aliphatic rings. The first-order valence-corrected chi connectivity index (χ1v) is 13.7. The number of benzene rings is 2. The Labute approximate surface area is 238 Å². The Hall–Kier alpha value is -4.31. The van der Waals surface area contributed by atoms with Gasteiger partial charge in [-0.1, -0.05) is 29.5 Å². The van der Waals surface area contributed by atoms with E-state index in [0.717, 1.165) is 65.0 Å². The molecule has 10 heteroatoms. The topological polar surface area (TPSA) is 131 Å². The molecule has 4 aromatic rings. The zero-order valence-electron chi connectivity index (χ0n) is 23.7. The molecular weight excluding hydrogens is 522 g/mol. The summed E-state index contributed by atoms with van der Waals surface area (Å²) in [6.07, 6.45) is 5.74. The van der Waals surface area contributed by atoms with Crippen LogP contribution in [0.5, 0.6) is 5.75 Å². The van der Waals surface area contributed by atoms with Gasteiger partial charge in [-0.15, -0.1) is 5.10 Å². The van der Waals surface area contributed by atoms with Gasteiger partial charge in [0, 0.05) is 50.1 Å². The lowest BCUT2D eigenvalue weighted by molar-refractivity contribution is -0.137. The Morgan fingerprint density at radius 2 is 2.00 bits per heavy atom. The summed E-state index contributed by atoms with van der Waals surface area (Å²) >= 11 is 0. The molecule has 2 N–H and O–H groups in total. The molecule has 0 fully saturated rings. The van der Waals surface area contributed by atoms with Gasteiger partial charge in [-0.25, -0.2) is 4.68 Å². The summed E-state index contributed by atoms with van der Waals surface area (Å²) in [6.45, 7) is 7.59. The number of carbonyl (C=O) groups is 2. The van der Waals surface area contributed by atoms with E-state index >= 15 is 0 Å². The van der Waals surface area contributed by atoms with Crippen LogP contribution in [-0.2, 0) is 29.6 Å². The minimum Gasteiger partial charge on any atom is -0.486 e. The third-order valence-electron chi connectivity index (χ3n) is 8.09. The molecule has 1 aliphatic heterocycles. The highest BCUT2D eigenvalue weighted by molar-refractivity contribution is 5.80. The van der Waals surface area contributed by atoms with Gasteiger partial charge in [0.15, 0.2) is 0 Å². The number of hydrogen-bond acceptors (Lipinski definition) is 7. The fourth-order valence-electron chi connectivity index (χ4n) is 6.35. The van der Waals surface area contributed by atoms with E-state index in [-0.39, 0.29) is 30.5 Å². The molecule has 0 spiro atoms. The highest BCUT2D eigenvalue weighted by Crippen LogP contribution is 2.42. The van der Waals surface area contributed by atoms with E-state index in [1.165, 1.54) is 11.1 Å². The summed E-state index contributed by atoms with van der Waals surface area (Å²) in [5, 5.41) is 25.3. The SMILES string of the molecule is Cc1c(C(CC(=O)O)c2ccc3c(c2)C(N2Cc4cnccc4OC(C)(C)C2)CC3)ccc2c1nnn2C.O=CO. The molecule has 0 saturated carbocycles. The standard InChI is InChI=1S/C30H33N5O3.CH2O2/c1-18-22(8-10-26-29(18)32-33-34(26)4)23(14-28(36)37)20-6-5-19-7-9-25(24(19)13-20)35-16-21-15-31-12-11-27(21)38-30(2,3)17-35;2-1-3/h5-6,8,10-13,15,23,25H,7,9,14,16-17H2,1-4H3,(H,36,37);1H,(H,2,3). The second-order valence-corrected chi connectivity index (χ2v) is 11.4. The van der Waals surface area contributed by atoms with E-state index in [1.54, 1.807) is 10.9 Å². The lowest BCUT2D eigenvalue weighted by Gasteiger charge is -2.34. The average Bonchev–Trinajstić information content (AvgIpc) is 3.48. The fourth-order valence-corrected chi connectivity index (χ4v) is 6.35. The Kier molecular flexibility index (Phi) is 7.77. The lowest BCUT2D eigenvalue weighted by Crippen LogP contribution is -2.41. The van der Waals surface area contributed by atoms with Gasteiger partial charge >= 0.3 is 5.97 Å². The van der Waals surface area contributed by atoms with Gasteiger partial charge in [0.05, 0.1) is 11.9 Å².